The fourth-order valence-corrected chi connectivity index (χ4v) is 3.12. The first kappa shape index (κ1) is 16.6. The summed E-state index contributed by atoms with van der Waals surface area (Å²) in [5, 5.41) is 7.73. The molecule has 2 aromatic rings. The predicted molar refractivity (Wildman–Crippen MR) is 101 cm³/mol. The Labute approximate surface area is 147 Å². The minimum atomic E-state index is 0.629. The van der Waals surface area contributed by atoms with E-state index in [0.29, 0.717) is 5.11 Å². The van der Waals surface area contributed by atoms with E-state index in [2.05, 4.69) is 26.6 Å². The van der Waals surface area contributed by atoms with Crippen LogP contribution < -0.4 is 10.6 Å². The minimum Gasteiger partial charge on any atom is -0.362 e. The van der Waals surface area contributed by atoms with E-state index < -0.39 is 0 Å². The van der Waals surface area contributed by atoms with Crippen molar-refractivity contribution in [2.75, 3.05) is 17.6 Å². The van der Waals surface area contributed by atoms with Gasteiger partial charge in [-0.25, -0.2) is 0 Å². The van der Waals surface area contributed by atoms with Crippen molar-refractivity contribution in [1.29, 1.82) is 0 Å². The highest BCUT2D eigenvalue weighted by Crippen LogP contribution is 2.19. The molecule has 0 amide bonds. The van der Waals surface area contributed by atoms with Crippen LogP contribution in [0.5, 0.6) is 0 Å². The van der Waals surface area contributed by atoms with Crippen LogP contribution in [0.4, 0.5) is 5.69 Å². The number of nitrogens with one attached hydrogen (secondary N) is 2. The first-order chi connectivity index (χ1) is 10.1. The molecule has 2 aromatic carbocycles. The van der Waals surface area contributed by atoms with Gasteiger partial charge in [-0.15, -0.1) is 11.8 Å². The third-order valence-corrected chi connectivity index (χ3v) is 4.56. The maximum Gasteiger partial charge on any atom is 0.170 e. The minimum absolute atomic E-state index is 0.629. The zero-order valence-electron chi connectivity index (χ0n) is 11.1. The molecular weight excluding hydrogens is 388 g/mol. The number of thiocarbonyl (C=S) groups is 1. The van der Waals surface area contributed by atoms with E-state index in [1.54, 1.807) is 11.8 Å². The van der Waals surface area contributed by atoms with Gasteiger partial charge in [-0.05, 0) is 54.7 Å². The Hall–Kier alpha value is -0.750. The largest absolute Gasteiger partial charge is 0.362 e. The van der Waals surface area contributed by atoms with E-state index in [1.165, 1.54) is 4.90 Å². The normalized spacial score (nSPS) is 10.2. The molecule has 0 aromatic heterocycles. The Balaban J connectivity index is 1.68. The first-order valence-corrected chi connectivity index (χ1v) is 8.89. The van der Waals surface area contributed by atoms with E-state index in [9.17, 15) is 0 Å². The molecule has 6 heteroatoms. The van der Waals surface area contributed by atoms with E-state index >= 15 is 0 Å². The van der Waals surface area contributed by atoms with Crippen molar-refractivity contribution in [2.24, 2.45) is 0 Å². The molecule has 0 radical (unpaired) electrons. The number of hydrogen-bond acceptors (Lipinski definition) is 2. The van der Waals surface area contributed by atoms with Crippen molar-refractivity contribution in [3.8, 4) is 0 Å². The molecule has 0 bridgehead atoms. The van der Waals surface area contributed by atoms with Gasteiger partial charge < -0.3 is 10.6 Å². The smallest absolute Gasteiger partial charge is 0.170 e. The SMILES string of the molecule is S=C(NCCSc1ccc(Cl)cc1)Nc1cccc(Br)c1. The van der Waals surface area contributed by atoms with Crippen LogP contribution in [-0.4, -0.2) is 17.4 Å². The van der Waals surface area contributed by atoms with Crippen LogP contribution in [0.3, 0.4) is 0 Å². The number of anilines is 1. The van der Waals surface area contributed by atoms with Gasteiger partial charge >= 0.3 is 0 Å². The van der Waals surface area contributed by atoms with Gasteiger partial charge in [-0.1, -0.05) is 33.6 Å². The Morgan fingerprint density at radius 2 is 1.95 bits per heavy atom. The monoisotopic (exact) mass is 400 g/mol. The molecule has 0 heterocycles. The topological polar surface area (TPSA) is 24.1 Å². The molecule has 0 unspecified atom stereocenters. The highest BCUT2D eigenvalue weighted by atomic mass is 79.9. The predicted octanol–water partition coefficient (Wildman–Crippen LogP) is 5.18. The van der Waals surface area contributed by atoms with E-state index in [-0.39, 0.29) is 0 Å². The quantitative estimate of drug-likeness (QED) is 0.409. The van der Waals surface area contributed by atoms with Gasteiger partial charge in [-0.3, -0.25) is 0 Å². The summed E-state index contributed by atoms with van der Waals surface area (Å²) in [5.74, 6) is 0.932. The van der Waals surface area contributed by atoms with E-state index in [4.69, 9.17) is 23.8 Å². The van der Waals surface area contributed by atoms with Gasteiger partial charge in [0.05, 0.1) is 0 Å². The Kier molecular flexibility index (Phi) is 6.83. The number of thioether (sulfide) groups is 1. The van der Waals surface area contributed by atoms with Gasteiger partial charge in [-0.2, -0.15) is 0 Å². The molecule has 0 aliphatic carbocycles. The van der Waals surface area contributed by atoms with Crippen LogP contribution in [0.15, 0.2) is 57.9 Å². The molecule has 0 fully saturated rings. The van der Waals surface area contributed by atoms with Crippen molar-refractivity contribution in [2.45, 2.75) is 4.90 Å². The average molecular weight is 402 g/mol. The van der Waals surface area contributed by atoms with Gasteiger partial charge in [0.2, 0.25) is 0 Å². The Morgan fingerprint density at radius 3 is 2.67 bits per heavy atom. The summed E-state index contributed by atoms with van der Waals surface area (Å²) >= 11 is 16.3. The summed E-state index contributed by atoms with van der Waals surface area (Å²) in [7, 11) is 0. The molecule has 2 rings (SSSR count). The number of benzene rings is 2. The zero-order chi connectivity index (χ0) is 15.1. The highest BCUT2D eigenvalue weighted by molar-refractivity contribution is 9.10. The molecule has 0 saturated heterocycles. The van der Waals surface area contributed by atoms with Gasteiger partial charge in [0, 0.05) is 32.4 Å². The van der Waals surface area contributed by atoms with Crippen molar-refractivity contribution in [3.05, 3.63) is 58.0 Å². The maximum atomic E-state index is 5.85. The Morgan fingerprint density at radius 1 is 1.19 bits per heavy atom. The third-order valence-electron chi connectivity index (χ3n) is 2.55. The second-order valence-corrected chi connectivity index (χ2v) is 7.12. The van der Waals surface area contributed by atoms with Crippen LogP contribution in [0.25, 0.3) is 0 Å². The standard InChI is InChI=1S/C15H14BrClN2S2/c16-11-2-1-3-13(10-11)19-15(20)18-8-9-21-14-6-4-12(17)5-7-14/h1-7,10H,8-9H2,(H2,18,19,20). The van der Waals surface area contributed by atoms with Crippen LogP contribution in [0.1, 0.15) is 0 Å². The fourth-order valence-electron chi connectivity index (χ4n) is 1.61. The summed E-state index contributed by atoms with van der Waals surface area (Å²) in [6, 6.07) is 15.7. The number of halogens is 2. The maximum absolute atomic E-state index is 5.85. The van der Waals surface area contributed by atoms with Crippen molar-refractivity contribution < 1.29 is 0 Å². The molecule has 21 heavy (non-hydrogen) atoms. The van der Waals surface area contributed by atoms with E-state index in [1.807, 2.05) is 48.5 Å². The summed E-state index contributed by atoms with van der Waals surface area (Å²) in [6.45, 7) is 0.799. The number of hydrogen-bond donors (Lipinski definition) is 2. The van der Waals surface area contributed by atoms with Crippen molar-refractivity contribution >= 4 is 62.3 Å². The molecule has 0 aliphatic rings. The summed E-state index contributed by atoms with van der Waals surface area (Å²) in [6.07, 6.45) is 0. The first-order valence-electron chi connectivity index (χ1n) is 6.32. The lowest BCUT2D eigenvalue weighted by atomic mass is 10.3. The summed E-state index contributed by atoms with van der Waals surface area (Å²) in [4.78, 5) is 1.20. The third kappa shape index (κ3) is 6.26. The molecule has 0 atom stereocenters. The van der Waals surface area contributed by atoms with Gasteiger partial charge in [0.1, 0.15) is 0 Å². The van der Waals surface area contributed by atoms with Crippen LogP contribution in [0, 0.1) is 0 Å². The lowest BCUT2D eigenvalue weighted by Gasteiger charge is -2.10. The summed E-state index contributed by atoms with van der Waals surface area (Å²) < 4.78 is 1.02. The fraction of sp³-hybridized carbons (Fsp3) is 0.133. The highest BCUT2D eigenvalue weighted by Gasteiger charge is 1.99. The lowest BCUT2D eigenvalue weighted by Crippen LogP contribution is -2.30. The second-order valence-electron chi connectivity index (χ2n) is 4.19. The molecule has 2 N–H and O–H groups in total. The molecule has 0 spiro atoms. The average Bonchev–Trinajstić information content (AvgIpc) is 2.45. The second kappa shape index (κ2) is 8.63. The van der Waals surface area contributed by atoms with Gasteiger partial charge in [0.25, 0.3) is 0 Å². The van der Waals surface area contributed by atoms with Crippen molar-refractivity contribution in [1.82, 2.24) is 5.32 Å². The van der Waals surface area contributed by atoms with Crippen LogP contribution in [0.2, 0.25) is 5.02 Å². The molecule has 0 aliphatic heterocycles. The van der Waals surface area contributed by atoms with Crippen LogP contribution >= 0.6 is 51.5 Å². The molecule has 110 valence electrons. The zero-order valence-corrected chi connectivity index (χ0v) is 15.1. The van der Waals surface area contributed by atoms with Crippen LogP contribution in [-0.2, 0) is 0 Å². The lowest BCUT2D eigenvalue weighted by molar-refractivity contribution is 0.990. The molecule has 0 saturated carbocycles. The molecule has 2 nitrogen and oxygen atoms in total. The molecular formula is C15H14BrClN2S2. The Bertz CT molecular complexity index is 605. The van der Waals surface area contributed by atoms with Gasteiger partial charge in [0.15, 0.2) is 5.11 Å². The summed E-state index contributed by atoms with van der Waals surface area (Å²) in [5.41, 5.74) is 0.965. The van der Waals surface area contributed by atoms with E-state index in [0.717, 1.165) is 27.5 Å². The van der Waals surface area contributed by atoms with Crippen molar-refractivity contribution in [3.63, 3.8) is 0 Å². The number of rotatable bonds is 5.